The van der Waals surface area contributed by atoms with E-state index in [0.29, 0.717) is 12.8 Å². The molecule has 0 saturated heterocycles. The third-order valence-electron chi connectivity index (χ3n) is 6.27. The Hall–Kier alpha value is -0.460. The van der Waals surface area contributed by atoms with Gasteiger partial charge in [-0.25, -0.2) is 17.2 Å². The fourth-order valence-corrected chi connectivity index (χ4v) is 4.43. The molecule has 0 aromatic rings. The summed E-state index contributed by atoms with van der Waals surface area (Å²) in [6, 6.07) is 0. The van der Waals surface area contributed by atoms with Crippen LogP contribution in [0.5, 0.6) is 0 Å². The summed E-state index contributed by atoms with van der Waals surface area (Å²) in [5.41, 5.74) is 0. The van der Waals surface area contributed by atoms with Crippen LogP contribution in [0.3, 0.4) is 0 Å². The molecule has 42 heavy (non-hydrogen) atoms. The third-order valence-corrected chi connectivity index (χ3v) is 7.39. The fourth-order valence-electron chi connectivity index (χ4n) is 3.67. The average molecular weight is 673 g/mol. The molecular weight excluding hydrogens is 639 g/mol. The molecule has 246 valence electrons. The zero-order chi connectivity index (χ0) is 32.3. The van der Waals surface area contributed by atoms with Crippen molar-refractivity contribution in [1.29, 1.82) is 0 Å². The summed E-state index contributed by atoms with van der Waals surface area (Å²) in [4.78, 5) is 11.9. The second-order valence-electron chi connectivity index (χ2n) is 9.62. The Kier molecular flexibility index (Phi) is 18.6. The second-order valence-corrected chi connectivity index (χ2v) is 11.2. The molecular formula is C23H33F12NaO5S. The number of halogens is 12. The van der Waals surface area contributed by atoms with E-state index < -0.39 is 70.4 Å². The Morgan fingerprint density at radius 2 is 1.07 bits per heavy atom. The SMILES string of the molecule is CCCCCCCCCCCCCCC(C(=O)OCC(F)(F)C(F)(F)C(F)(F)C(F)(F)C(F)(F)C(F)F)S(=O)(=O)[O-].[Na+]. The topological polar surface area (TPSA) is 83.5 Å². The van der Waals surface area contributed by atoms with Crippen molar-refractivity contribution < 1.29 is 105 Å². The van der Waals surface area contributed by atoms with Crippen molar-refractivity contribution in [2.75, 3.05) is 6.61 Å². The van der Waals surface area contributed by atoms with Gasteiger partial charge in [-0.1, -0.05) is 84.0 Å². The van der Waals surface area contributed by atoms with E-state index in [-0.39, 0.29) is 42.4 Å². The number of unbranched alkanes of at least 4 members (excludes halogenated alkanes) is 11. The first kappa shape index (κ1) is 43.7. The zero-order valence-corrected chi connectivity index (χ0v) is 25.9. The van der Waals surface area contributed by atoms with Crippen LogP contribution in [0, 0.1) is 0 Å². The summed E-state index contributed by atoms with van der Waals surface area (Å²) in [5, 5.41) is -2.76. The van der Waals surface area contributed by atoms with E-state index >= 15 is 0 Å². The number of hydrogen-bond donors (Lipinski definition) is 0. The summed E-state index contributed by atoms with van der Waals surface area (Å²) < 4.78 is 196. The largest absolute Gasteiger partial charge is 1.00 e. The van der Waals surface area contributed by atoms with Crippen LogP contribution in [0.4, 0.5) is 52.7 Å². The van der Waals surface area contributed by atoms with Gasteiger partial charge in [-0.3, -0.25) is 4.79 Å². The summed E-state index contributed by atoms with van der Waals surface area (Å²) in [6.45, 7) is -1.18. The normalized spacial score (nSPS) is 14.5. The maximum atomic E-state index is 13.8. The summed E-state index contributed by atoms with van der Waals surface area (Å²) in [5.74, 6) is -39.3. The minimum atomic E-state index is -7.82. The number of rotatable bonds is 22. The second kappa shape index (κ2) is 17.9. The molecule has 0 amide bonds. The number of alkyl halides is 12. The van der Waals surface area contributed by atoms with Crippen LogP contribution in [0.15, 0.2) is 0 Å². The van der Waals surface area contributed by atoms with Gasteiger partial charge in [0, 0.05) is 0 Å². The summed E-state index contributed by atoms with van der Waals surface area (Å²) in [6.07, 6.45) is 3.11. The molecule has 0 fully saturated rings. The monoisotopic (exact) mass is 672 g/mol. The number of carbonyl (C=O) groups excluding carboxylic acids is 1. The van der Waals surface area contributed by atoms with Crippen molar-refractivity contribution in [3.8, 4) is 0 Å². The third kappa shape index (κ3) is 11.5. The molecule has 19 heteroatoms. The van der Waals surface area contributed by atoms with Gasteiger partial charge in [0.05, 0.1) is 0 Å². The maximum Gasteiger partial charge on any atom is 1.00 e. The van der Waals surface area contributed by atoms with E-state index in [0.717, 1.165) is 51.4 Å². The number of hydrogen-bond acceptors (Lipinski definition) is 5. The van der Waals surface area contributed by atoms with Gasteiger partial charge >= 0.3 is 71.6 Å². The van der Waals surface area contributed by atoms with Crippen molar-refractivity contribution in [3.05, 3.63) is 0 Å². The van der Waals surface area contributed by atoms with Crippen LogP contribution in [0.25, 0.3) is 0 Å². The molecule has 0 aliphatic rings. The number of carbonyl (C=O) groups is 1. The van der Waals surface area contributed by atoms with Crippen LogP contribution in [-0.2, 0) is 19.6 Å². The smallest absolute Gasteiger partial charge is 0.747 e. The maximum absolute atomic E-state index is 13.8. The molecule has 0 aliphatic heterocycles. The van der Waals surface area contributed by atoms with E-state index in [9.17, 15) is 70.5 Å². The molecule has 1 atom stereocenters. The number of esters is 1. The van der Waals surface area contributed by atoms with Crippen LogP contribution in [0.2, 0.25) is 0 Å². The van der Waals surface area contributed by atoms with E-state index in [4.69, 9.17) is 0 Å². The Bertz CT molecular complexity index is 904. The van der Waals surface area contributed by atoms with E-state index in [1.807, 2.05) is 0 Å². The Morgan fingerprint density at radius 3 is 1.43 bits per heavy atom. The van der Waals surface area contributed by atoms with Gasteiger partial charge in [-0.15, -0.1) is 0 Å². The van der Waals surface area contributed by atoms with Crippen molar-refractivity contribution >= 4 is 16.1 Å². The standard InChI is InChI=1S/C23H34F12O5S.Na/c1-2-3-4-5-6-7-8-9-10-11-12-13-14-16(41(37,38)39)17(36)40-15-19(26,27)21(30,31)23(34,35)22(32,33)20(28,29)18(24)25;/h16,18H,2-15H2,1H3,(H,37,38,39);/q;+1/p-1. The molecule has 0 bridgehead atoms. The van der Waals surface area contributed by atoms with Gasteiger partial charge in [0.15, 0.2) is 6.61 Å². The molecule has 0 aromatic heterocycles. The van der Waals surface area contributed by atoms with Gasteiger partial charge < -0.3 is 9.29 Å². The van der Waals surface area contributed by atoms with Gasteiger partial charge in [0.2, 0.25) is 0 Å². The molecule has 5 nitrogen and oxygen atoms in total. The first-order valence-electron chi connectivity index (χ1n) is 12.8. The molecule has 0 radical (unpaired) electrons. The molecule has 0 spiro atoms. The molecule has 1 unspecified atom stereocenters. The van der Waals surface area contributed by atoms with Crippen molar-refractivity contribution in [2.45, 2.75) is 132 Å². The van der Waals surface area contributed by atoms with E-state index in [1.165, 1.54) is 0 Å². The average Bonchev–Trinajstić information content (AvgIpc) is 2.84. The first-order chi connectivity index (χ1) is 18.5. The van der Waals surface area contributed by atoms with Gasteiger partial charge in [-0.05, 0) is 6.42 Å². The molecule has 0 saturated carbocycles. The number of ether oxygens (including phenoxy) is 1. The summed E-state index contributed by atoms with van der Waals surface area (Å²) >= 11 is 0. The quantitative estimate of drug-likeness (QED) is 0.0533. The molecule has 0 rings (SSSR count). The van der Waals surface area contributed by atoms with Crippen LogP contribution >= 0.6 is 0 Å². The van der Waals surface area contributed by atoms with E-state index in [2.05, 4.69) is 11.7 Å². The van der Waals surface area contributed by atoms with Crippen LogP contribution < -0.4 is 29.6 Å². The van der Waals surface area contributed by atoms with Crippen molar-refractivity contribution in [2.24, 2.45) is 0 Å². The Balaban J connectivity index is 0. The zero-order valence-electron chi connectivity index (χ0n) is 23.0. The van der Waals surface area contributed by atoms with Gasteiger partial charge in [-0.2, -0.15) is 43.9 Å². The molecule has 0 aliphatic carbocycles. The van der Waals surface area contributed by atoms with Crippen molar-refractivity contribution in [3.63, 3.8) is 0 Å². The minimum Gasteiger partial charge on any atom is -0.747 e. The molecule has 0 aromatic carbocycles. The predicted molar refractivity (Wildman–Crippen MR) is 121 cm³/mol. The van der Waals surface area contributed by atoms with Crippen LogP contribution in [-0.4, -0.2) is 66.8 Å². The Labute approximate surface area is 258 Å². The first-order valence-corrected chi connectivity index (χ1v) is 14.3. The van der Waals surface area contributed by atoms with Gasteiger partial charge in [0.25, 0.3) is 0 Å². The molecule has 0 N–H and O–H groups in total. The fraction of sp³-hybridized carbons (Fsp3) is 0.957. The van der Waals surface area contributed by atoms with Gasteiger partial charge in [0.1, 0.15) is 15.4 Å². The summed E-state index contributed by atoms with van der Waals surface area (Å²) in [7, 11) is -5.67. The van der Waals surface area contributed by atoms with Crippen molar-refractivity contribution in [1.82, 2.24) is 0 Å². The minimum absolute atomic E-state index is 0. The predicted octanol–water partition coefficient (Wildman–Crippen LogP) is 4.98. The van der Waals surface area contributed by atoms with Crippen LogP contribution in [0.1, 0.15) is 90.4 Å². The molecule has 0 heterocycles. The van der Waals surface area contributed by atoms with E-state index in [1.54, 1.807) is 0 Å². The Morgan fingerprint density at radius 1 is 0.690 bits per heavy atom.